The largest absolute Gasteiger partial charge is 0.434 e. The third-order valence-corrected chi connectivity index (χ3v) is 6.66. The minimum atomic E-state index is -3.04. The van der Waals surface area contributed by atoms with Gasteiger partial charge in [-0.1, -0.05) is 11.3 Å². The van der Waals surface area contributed by atoms with E-state index >= 15 is 0 Å². The van der Waals surface area contributed by atoms with Crippen LogP contribution >= 0.6 is 11.3 Å². The summed E-state index contributed by atoms with van der Waals surface area (Å²) < 4.78 is 32.3. The number of aromatic nitrogens is 2. The Hall–Kier alpha value is -3.85. The molecule has 1 unspecified atom stereocenters. The quantitative estimate of drug-likeness (QED) is 0.273. The van der Waals surface area contributed by atoms with E-state index in [2.05, 4.69) is 31.5 Å². The molecule has 4 heterocycles. The number of carbonyl (C=O) groups excluding carboxylic acids is 1. The van der Waals surface area contributed by atoms with E-state index in [-0.39, 0.29) is 17.1 Å². The summed E-state index contributed by atoms with van der Waals surface area (Å²) in [5, 5.41) is 9.21. The first-order chi connectivity index (χ1) is 18.0. The number of carbonyl (C=O) groups is 1. The molecule has 2 aromatic heterocycles. The number of nitrogens with two attached hydrogens (primary N) is 1. The predicted molar refractivity (Wildman–Crippen MR) is 133 cm³/mol. The van der Waals surface area contributed by atoms with Crippen molar-refractivity contribution in [2.45, 2.75) is 12.7 Å². The number of ether oxygens (including phenoxy) is 1. The highest BCUT2D eigenvalue weighted by molar-refractivity contribution is 7.20. The first kappa shape index (κ1) is 24.8. The Morgan fingerprint density at radius 3 is 2.76 bits per heavy atom. The van der Waals surface area contributed by atoms with Crippen molar-refractivity contribution in [3.8, 4) is 10.8 Å². The maximum absolute atomic E-state index is 13.3. The number of halogens is 2. The van der Waals surface area contributed by atoms with Crippen LogP contribution in [-0.4, -0.2) is 53.7 Å². The number of thiophene rings is 1. The lowest BCUT2D eigenvalue weighted by Crippen LogP contribution is -2.44. The minimum Gasteiger partial charge on any atom is -0.434 e. The second-order valence-electron chi connectivity index (χ2n) is 8.07. The van der Waals surface area contributed by atoms with E-state index in [9.17, 15) is 13.6 Å². The minimum absolute atomic E-state index is 0.0312. The summed E-state index contributed by atoms with van der Waals surface area (Å²) in [4.78, 5) is 27.1. The fourth-order valence-electron chi connectivity index (χ4n) is 3.99. The van der Waals surface area contributed by atoms with Gasteiger partial charge in [-0.15, -0.1) is 5.06 Å². The van der Waals surface area contributed by atoms with Crippen LogP contribution in [0.15, 0.2) is 54.8 Å². The molecular weight excluding hydrogens is 506 g/mol. The number of hydrazine groups is 1. The van der Waals surface area contributed by atoms with Gasteiger partial charge in [0.1, 0.15) is 5.75 Å². The summed E-state index contributed by atoms with van der Waals surface area (Å²) in [5.74, 6) is -0.440. The SMILES string of the molecule is NC=C(C(=O)NC1=CNNC1c1cc2sc(ON3CCNCC3)cc2cc1OC(F)F)c1ncccn1. The Kier molecular flexibility index (Phi) is 7.41. The molecule has 2 aliphatic rings. The zero-order valence-corrected chi connectivity index (χ0v) is 20.2. The van der Waals surface area contributed by atoms with Crippen molar-refractivity contribution in [2.24, 2.45) is 5.73 Å². The molecule has 3 aromatic rings. The van der Waals surface area contributed by atoms with Crippen molar-refractivity contribution in [3.05, 3.63) is 66.1 Å². The Morgan fingerprint density at radius 2 is 2.03 bits per heavy atom. The molecule has 0 bridgehead atoms. The van der Waals surface area contributed by atoms with Crippen molar-refractivity contribution in [1.29, 1.82) is 0 Å². The van der Waals surface area contributed by atoms with Gasteiger partial charge in [0.15, 0.2) is 5.82 Å². The van der Waals surface area contributed by atoms with Crippen molar-refractivity contribution in [1.82, 2.24) is 36.5 Å². The molecular formula is C23H24F2N8O3S. The Balaban J connectivity index is 1.41. The predicted octanol–water partition coefficient (Wildman–Crippen LogP) is 1.60. The first-order valence-electron chi connectivity index (χ1n) is 11.4. The van der Waals surface area contributed by atoms with Crippen LogP contribution in [0.3, 0.4) is 0 Å². The van der Waals surface area contributed by atoms with Crippen LogP contribution in [0.25, 0.3) is 15.7 Å². The lowest BCUT2D eigenvalue weighted by molar-refractivity contribution is -0.115. The summed E-state index contributed by atoms with van der Waals surface area (Å²) in [6.45, 7) is 0.0701. The molecule has 1 aromatic carbocycles. The van der Waals surface area contributed by atoms with E-state index in [0.29, 0.717) is 21.7 Å². The highest BCUT2D eigenvalue weighted by atomic mass is 32.1. The van der Waals surface area contributed by atoms with Crippen molar-refractivity contribution in [3.63, 3.8) is 0 Å². The normalized spacial score (nSPS) is 18.5. The summed E-state index contributed by atoms with van der Waals surface area (Å²) in [6.07, 6.45) is 5.61. The number of piperazine rings is 1. The number of fused-ring (bicyclic) bond motifs is 1. The second-order valence-corrected chi connectivity index (χ2v) is 9.12. The van der Waals surface area contributed by atoms with E-state index < -0.39 is 18.6 Å². The summed E-state index contributed by atoms with van der Waals surface area (Å²) >= 11 is 1.39. The number of nitrogens with zero attached hydrogens (tertiary/aromatic N) is 3. The number of amides is 1. The Morgan fingerprint density at radius 1 is 1.24 bits per heavy atom. The molecule has 1 amide bonds. The average Bonchev–Trinajstić information content (AvgIpc) is 3.50. The number of nitrogens with one attached hydrogen (secondary N) is 4. The van der Waals surface area contributed by atoms with Crippen LogP contribution in [0.1, 0.15) is 17.4 Å². The van der Waals surface area contributed by atoms with Gasteiger partial charge >= 0.3 is 6.61 Å². The molecule has 6 N–H and O–H groups in total. The van der Waals surface area contributed by atoms with E-state index in [1.807, 2.05) is 5.06 Å². The van der Waals surface area contributed by atoms with Crippen molar-refractivity contribution >= 4 is 32.9 Å². The maximum atomic E-state index is 13.3. The fraction of sp³-hybridized carbons (Fsp3) is 0.261. The molecule has 14 heteroatoms. The Labute approximate surface area is 214 Å². The maximum Gasteiger partial charge on any atom is 0.387 e. The smallest absolute Gasteiger partial charge is 0.387 e. The Bertz CT molecular complexity index is 1330. The number of hydrogen-bond donors (Lipinski definition) is 5. The molecule has 0 aliphatic carbocycles. The van der Waals surface area contributed by atoms with Gasteiger partial charge in [0.05, 0.1) is 17.3 Å². The van der Waals surface area contributed by atoms with Crippen LogP contribution in [0, 0.1) is 0 Å². The zero-order valence-electron chi connectivity index (χ0n) is 19.4. The lowest BCUT2D eigenvalue weighted by Gasteiger charge is -2.25. The molecule has 11 nitrogen and oxygen atoms in total. The molecule has 1 saturated heterocycles. The number of rotatable bonds is 8. The molecule has 1 atom stereocenters. The van der Waals surface area contributed by atoms with Crippen LogP contribution in [0.2, 0.25) is 0 Å². The van der Waals surface area contributed by atoms with E-state index in [1.54, 1.807) is 24.3 Å². The number of alkyl halides is 2. The van der Waals surface area contributed by atoms with Crippen molar-refractivity contribution in [2.75, 3.05) is 26.2 Å². The highest BCUT2D eigenvalue weighted by Crippen LogP contribution is 2.40. The zero-order chi connectivity index (χ0) is 25.8. The molecule has 0 saturated carbocycles. The van der Waals surface area contributed by atoms with E-state index in [0.717, 1.165) is 37.1 Å². The number of hydroxylamine groups is 2. The molecule has 37 heavy (non-hydrogen) atoms. The molecule has 2 aliphatic heterocycles. The summed E-state index contributed by atoms with van der Waals surface area (Å²) in [7, 11) is 0. The van der Waals surface area contributed by atoms with Gasteiger partial charge in [-0.25, -0.2) is 15.4 Å². The molecule has 1 fully saturated rings. The molecule has 0 spiro atoms. The van der Waals surface area contributed by atoms with Gasteiger partial charge in [-0.3, -0.25) is 4.79 Å². The fourth-order valence-corrected chi connectivity index (χ4v) is 4.96. The molecule has 5 rings (SSSR count). The van der Waals surface area contributed by atoms with Gasteiger partial charge in [0, 0.05) is 72.7 Å². The molecule has 194 valence electrons. The highest BCUT2D eigenvalue weighted by Gasteiger charge is 2.29. The van der Waals surface area contributed by atoms with E-state index in [4.69, 9.17) is 15.3 Å². The number of benzene rings is 1. The van der Waals surface area contributed by atoms with Gasteiger partial charge in [-0.2, -0.15) is 8.78 Å². The summed E-state index contributed by atoms with van der Waals surface area (Å²) in [6, 6.07) is 5.98. The number of hydrogen-bond acceptors (Lipinski definition) is 11. The summed E-state index contributed by atoms with van der Waals surface area (Å²) in [5.41, 5.74) is 12.3. The van der Waals surface area contributed by atoms with Crippen LogP contribution in [-0.2, 0) is 4.79 Å². The van der Waals surface area contributed by atoms with Crippen LogP contribution in [0.5, 0.6) is 10.8 Å². The van der Waals surface area contributed by atoms with Crippen LogP contribution < -0.4 is 36.8 Å². The first-order valence-corrected chi connectivity index (χ1v) is 12.2. The van der Waals surface area contributed by atoms with E-state index in [1.165, 1.54) is 29.9 Å². The van der Waals surface area contributed by atoms with Gasteiger partial charge in [0.25, 0.3) is 5.91 Å². The van der Waals surface area contributed by atoms with Gasteiger partial charge in [-0.05, 0) is 18.2 Å². The lowest BCUT2D eigenvalue weighted by atomic mass is 10.0. The third-order valence-electron chi connectivity index (χ3n) is 5.69. The van der Waals surface area contributed by atoms with Crippen molar-refractivity contribution < 1.29 is 23.1 Å². The monoisotopic (exact) mass is 530 g/mol. The topological polar surface area (TPSA) is 139 Å². The third kappa shape index (κ3) is 5.61. The average molecular weight is 531 g/mol. The van der Waals surface area contributed by atoms with Gasteiger partial charge in [0.2, 0.25) is 5.06 Å². The standard InChI is InChI=1S/C23H24F2N8O3S/c24-23(25)35-17-8-13-9-19(36-33-6-4-27-5-7-33)37-18(13)10-14(17)20-16(12-30-32-20)31-22(34)15(11-26)21-28-2-1-3-29-21/h1-3,8-12,20,23,27,30,32H,4-7,26H2,(H,31,34). The van der Waals surface area contributed by atoms with Gasteiger partial charge < -0.3 is 31.4 Å². The second kappa shape index (κ2) is 11.0. The van der Waals surface area contributed by atoms with Crippen LogP contribution in [0.4, 0.5) is 8.78 Å². The molecule has 0 radical (unpaired) electrons.